The van der Waals surface area contributed by atoms with Gasteiger partial charge in [0.2, 0.25) is 11.7 Å². The highest BCUT2D eigenvalue weighted by Gasteiger charge is 2.18. The summed E-state index contributed by atoms with van der Waals surface area (Å²) in [5, 5.41) is 9.15. The summed E-state index contributed by atoms with van der Waals surface area (Å²) in [6.45, 7) is 0. The molecule has 1 N–H and O–H groups in total. The lowest BCUT2D eigenvalue weighted by atomic mass is 10.1. The first-order chi connectivity index (χ1) is 15.6. The number of rotatable bonds is 6. The number of aromatic nitrogens is 5. The molecule has 0 atom stereocenters. The SMILES string of the molecule is COc1cc(-c2nccc3nc(Nc4cccc5ccn(C)c45)nn23)cc(OC)c1OC. The fourth-order valence-electron chi connectivity index (χ4n) is 3.85. The van der Waals surface area contributed by atoms with Crippen LogP contribution in [0.1, 0.15) is 0 Å². The third kappa shape index (κ3) is 3.15. The molecule has 2 aromatic carbocycles. The summed E-state index contributed by atoms with van der Waals surface area (Å²) in [7, 11) is 6.74. The molecule has 0 saturated heterocycles. The van der Waals surface area contributed by atoms with Crippen molar-refractivity contribution in [2.75, 3.05) is 26.6 Å². The molecule has 162 valence electrons. The molecule has 9 heteroatoms. The van der Waals surface area contributed by atoms with Crippen LogP contribution in [0.3, 0.4) is 0 Å². The van der Waals surface area contributed by atoms with Crippen molar-refractivity contribution in [3.8, 4) is 28.6 Å². The van der Waals surface area contributed by atoms with Gasteiger partial charge in [0.15, 0.2) is 23.0 Å². The average molecular weight is 430 g/mol. The van der Waals surface area contributed by atoms with Crippen molar-refractivity contribution >= 4 is 28.2 Å². The van der Waals surface area contributed by atoms with Crippen LogP contribution in [0.15, 0.2) is 54.9 Å². The van der Waals surface area contributed by atoms with Gasteiger partial charge in [0, 0.05) is 36.5 Å². The number of methoxy groups -OCH3 is 3. The van der Waals surface area contributed by atoms with Crippen LogP contribution in [-0.4, -0.2) is 45.5 Å². The van der Waals surface area contributed by atoms with E-state index in [1.807, 2.05) is 43.6 Å². The van der Waals surface area contributed by atoms with Crippen molar-refractivity contribution in [3.05, 3.63) is 54.9 Å². The summed E-state index contributed by atoms with van der Waals surface area (Å²) < 4.78 is 20.2. The van der Waals surface area contributed by atoms with Gasteiger partial charge in [0.25, 0.3) is 0 Å². The second kappa shape index (κ2) is 7.77. The fraction of sp³-hybridized carbons (Fsp3) is 0.174. The van der Waals surface area contributed by atoms with Crippen LogP contribution < -0.4 is 19.5 Å². The van der Waals surface area contributed by atoms with Crippen LogP contribution in [0, 0.1) is 0 Å². The molecule has 5 rings (SSSR count). The second-order valence-electron chi connectivity index (χ2n) is 7.18. The lowest BCUT2D eigenvalue weighted by molar-refractivity contribution is 0.324. The number of anilines is 2. The zero-order chi connectivity index (χ0) is 22.2. The number of ether oxygens (including phenoxy) is 3. The van der Waals surface area contributed by atoms with Gasteiger partial charge < -0.3 is 24.1 Å². The summed E-state index contributed by atoms with van der Waals surface area (Å²) in [6.07, 6.45) is 3.73. The molecule has 0 aliphatic heterocycles. The Hall–Kier alpha value is -4.27. The molecular formula is C23H22N6O3. The number of nitrogens with zero attached hydrogens (tertiary/aromatic N) is 5. The molecule has 32 heavy (non-hydrogen) atoms. The fourth-order valence-corrected chi connectivity index (χ4v) is 3.85. The minimum Gasteiger partial charge on any atom is -0.493 e. The standard InChI is InChI=1S/C23H22N6O3/c1-28-11-9-14-6-5-7-16(20(14)28)25-23-26-19-8-10-24-22(29(19)27-23)15-12-17(30-2)21(32-4)18(13-15)31-3/h5-13H,1-4H3,(H,25,27). The molecule has 0 spiro atoms. The van der Waals surface area contributed by atoms with Crippen molar-refractivity contribution in [1.82, 2.24) is 24.1 Å². The Morgan fingerprint density at radius 2 is 1.72 bits per heavy atom. The topological polar surface area (TPSA) is 87.7 Å². The number of aryl methyl sites for hydroxylation is 1. The number of fused-ring (bicyclic) bond motifs is 2. The molecule has 0 saturated carbocycles. The molecule has 0 radical (unpaired) electrons. The van der Waals surface area contributed by atoms with E-state index in [-0.39, 0.29) is 0 Å². The van der Waals surface area contributed by atoms with Gasteiger partial charge in [-0.05, 0) is 24.3 Å². The van der Waals surface area contributed by atoms with E-state index in [0.29, 0.717) is 34.7 Å². The first-order valence-electron chi connectivity index (χ1n) is 9.96. The number of hydrogen-bond acceptors (Lipinski definition) is 7. The van der Waals surface area contributed by atoms with E-state index < -0.39 is 0 Å². The van der Waals surface area contributed by atoms with Gasteiger partial charge in [-0.2, -0.15) is 9.50 Å². The van der Waals surface area contributed by atoms with Gasteiger partial charge in [-0.3, -0.25) is 0 Å². The Morgan fingerprint density at radius 1 is 0.938 bits per heavy atom. The van der Waals surface area contributed by atoms with Gasteiger partial charge in [-0.1, -0.05) is 12.1 Å². The lowest BCUT2D eigenvalue weighted by Gasteiger charge is -2.14. The van der Waals surface area contributed by atoms with Gasteiger partial charge in [0.05, 0.1) is 32.5 Å². The molecule has 0 aliphatic rings. The van der Waals surface area contributed by atoms with Gasteiger partial charge >= 0.3 is 0 Å². The highest BCUT2D eigenvalue weighted by atomic mass is 16.5. The molecule has 0 bridgehead atoms. The molecule has 0 aliphatic carbocycles. The van der Waals surface area contributed by atoms with Crippen LogP contribution in [-0.2, 0) is 7.05 Å². The molecule has 0 amide bonds. The van der Waals surface area contributed by atoms with Crippen LogP contribution in [0.4, 0.5) is 11.6 Å². The van der Waals surface area contributed by atoms with Crippen LogP contribution in [0.25, 0.3) is 27.9 Å². The zero-order valence-corrected chi connectivity index (χ0v) is 18.2. The second-order valence-corrected chi connectivity index (χ2v) is 7.18. The van der Waals surface area contributed by atoms with Crippen molar-refractivity contribution < 1.29 is 14.2 Å². The van der Waals surface area contributed by atoms with Crippen LogP contribution in [0.2, 0.25) is 0 Å². The zero-order valence-electron chi connectivity index (χ0n) is 18.2. The molecule has 3 heterocycles. The maximum absolute atomic E-state index is 5.49. The number of para-hydroxylation sites is 1. The van der Waals surface area contributed by atoms with Crippen LogP contribution >= 0.6 is 0 Å². The average Bonchev–Trinajstić information content (AvgIpc) is 3.41. The third-order valence-corrected chi connectivity index (χ3v) is 5.32. The van der Waals surface area contributed by atoms with Crippen molar-refractivity contribution in [3.63, 3.8) is 0 Å². The molecule has 5 aromatic rings. The summed E-state index contributed by atoms with van der Waals surface area (Å²) in [4.78, 5) is 9.17. The van der Waals surface area contributed by atoms with E-state index in [1.165, 1.54) is 0 Å². The number of nitrogens with one attached hydrogen (secondary N) is 1. The quantitative estimate of drug-likeness (QED) is 0.435. The predicted octanol–water partition coefficient (Wildman–Crippen LogP) is 4.05. The van der Waals surface area contributed by atoms with Gasteiger partial charge in [0.1, 0.15) is 0 Å². The first kappa shape index (κ1) is 19.7. The summed E-state index contributed by atoms with van der Waals surface area (Å²) in [5.74, 6) is 2.66. The summed E-state index contributed by atoms with van der Waals surface area (Å²) >= 11 is 0. The highest BCUT2D eigenvalue weighted by Crippen LogP contribution is 2.40. The molecular weight excluding hydrogens is 408 g/mol. The Bertz CT molecular complexity index is 1410. The number of benzene rings is 2. The molecule has 0 unspecified atom stereocenters. The molecule has 3 aromatic heterocycles. The van der Waals surface area contributed by atoms with Crippen molar-refractivity contribution in [1.29, 1.82) is 0 Å². The minimum absolute atomic E-state index is 0.473. The molecule has 0 fully saturated rings. The Balaban J connectivity index is 1.61. The maximum Gasteiger partial charge on any atom is 0.247 e. The largest absolute Gasteiger partial charge is 0.493 e. The monoisotopic (exact) mass is 430 g/mol. The number of hydrogen-bond donors (Lipinski definition) is 1. The Morgan fingerprint density at radius 3 is 2.44 bits per heavy atom. The lowest BCUT2D eigenvalue weighted by Crippen LogP contribution is -2.01. The smallest absolute Gasteiger partial charge is 0.247 e. The van der Waals surface area contributed by atoms with E-state index in [1.54, 1.807) is 32.0 Å². The maximum atomic E-state index is 5.49. The minimum atomic E-state index is 0.473. The summed E-state index contributed by atoms with van der Waals surface area (Å²) in [5.41, 5.74) is 3.42. The van der Waals surface area contributed by atoms with Crippen molar-refractivity contribution in [2.24, 2.45) is 7.05 Å². The third-order valence-electron chi connectivity index (χ3n) is 5.32. The van der Waals surface area contributed by atoms with E-state index in [9.17, 15) is 0 Å². The van der Waals surface area contributed by atoms with Gasteiger partial charge in [-0.25, -0.2) is 4.98 Å². The Kier molecular flexibility index (Phi) is 4.78. The first-order valence-corrected chi connectivity index (χ1v) is 9.96. The van der Waals surface area contributed by atoms with E-state index in [2.05, 4.69) is 37.1 Å². The molecule has 9 nitrogen and oxygen atoms in total. The predicted molar refractivity (Wildman–Crippen MR) is 122 cm³/mol. The van der Waals surface area contributed by atoms with Crippen LogP contribution in [0.5, 0.6) is 17.2 Å². The normalized spacial score (nSPS) is 11.1. The highest BCUT2D eigenvalue weighted by molar-refractivity contribution is 5.92. The van der Waals surface area contributed by atoms with Crippen molar-refractivity contribution in [2.45, 2.75) is 0 Å². The van der Waals surface area contributed by atoms with E-state index >= 15 is 0 Å². The Labute approximate surface area is 184 Å². The van der Waals surface area contributed by atoms with E-state index in [0.717, 1.165) is 22.2 Å². The van der Waals surface area contributed by atoms with E-state index in [4.69, 9.17) is 14.2 Å². The summed E-state index contributed by atoms with van der Waals surface area (Å²) in [6, 6.07) is 13.6. The van der Waals surface area contributed by atoms with Gasteiger partial charge in [-0.15, -0.1) is 5.10 Å².